The minimum atomic E-state index is -2.04. The van der Waals surface area contributed by atoms with Crippen LogP contribution in [0.4, 0.5) is 15.8 Å². The van der Waals surface area contributed by atoms with Crippen molar-refractivity contribution in [3.8, 4) is 28.7 Å². The van der Waals surface area contributed by atoms with Crippen molar-refractivity contribution in [1.82, 2.24) is 19.4 Å². The van der Waals surface area contributed by atoms with Crippen LogP contribution in [-0.4, -0.2) is 190 Å². The zero-order chi connectivity index (χ0) is 62.3. The number of aromatic nitrogens is 1. The Morgan fingerprint density at radius 1 is 0.859 bits per heavy atom. The van der Waals surface area contributed by atoms with Crippen LogP contribution < -0.4 is 25.1 Å². The summed E-state index contributed by atoms with van der Waals surface area (Å²) in [6, 6.07) is 0.994. The number of pyridine rings is 1. The number of rotatable bonds is 6. The molecule has 0 saturated carbocycles. The van der Waals surface area contributed by atoms with E-state index in [9.17, 15) is 59.0 Å². The number of Topliss-reactive ketones (excluding diaryl/α,β-unsaturated/α-hetero) is 1. The first-order chi connectivity index (χ1) is 40.1. The number of carboxylic acids is 1. The number of aromatic carboxylic acids is 1. The Balaban J connectivity index is 0.000000298. The Morgan fingerprint density at radius 3 is 2.13 bits per heavy atom. The number of carboxylic acid groups (broad SMARTS) is 1. The summed E-state index contributed by atoms with van der Waals surface area (Å²) in [6.07, 6.45) is 6.20. The maximum Gasteiger partial charge on any atom is 0.341 e. The fraction of sp³-hybridized carbons (Fsp3) is 0.508. The van der Waals surface area contributed by atoms with E-state index in [1.54, 1.807) is 49.4 Å². The van der Waals surface area contributed by atoms with Gasteiger partial charge in [0.2, 0.25) is 5.43 Å². The number of fused-ring (bicyclic) bond motifs is 14. The molecular weight excluding hydrogens is 1110 g/mol. The summed E-state index contributed by atoms with van der Waals surface area (Å²) >= 11 is 0. The molecule has 460 valence electrons. The Kier molecular flexibility index (Phi) is 18.9. The van der Waals surface area contributed by atoms with E-state index >= 15 is 0 Å². The molecule has 1 unspecified atom stereocenters. The molecule has 6 aliphatic heterocycles. The number of nitrogens with zero attached hydrogens (tertiary/aromatic N) is 6. The van der Waals surface area contributed by atoms with Crippen LogP contribution >= 0.6 is 0 Å². The number of ether oxygens (including phenoxy) is 5. The number of hydrazone groups is 1. The second kappa shape index (κ2) is 25.4. The van der Waals surface area contributed by atoms with Crippen LogP contribution in [0.3, 0.4) is 0 Å². The third-order valence-electron chi connectivity index (χ3n) is 17.1. The van der Waals surface area contributed by atoms with Crippen molar-refractivity contribution in [3.63, 3.8) is 0 Å². The first kappa shape index (κ1) is 63.3. The van der Waals surface area contributed by atoms with Crippen LogP contribution in [0.2, 0.25) is 0 Å². The highest BCUT2D eigenvalue weighted by Crippen LogP contribution is 2.55. The predicted molar refractivity (Wildman–Crippen MR) is 316 cm³/mol. The maximum absolute atomic E-state index is 15.0. The third-order valence-corrected chi connectivity index (χ3v) is 17.1. The molecule has 85 heavy (non-hydrogen) atoms. The highest BCUT2D eigenvalue weighted by atomic mass is 19.1. The van der Waals surface area contributed by atoms with Gasteiger partial charge in [-0.2, -0.15) is 5.10 Å². The predicted octanol–water partition coefficient (Wildman–Crippen LogP) is 5.88. The molecule has 2 fully saturated rings. The fourth-order valence-corrected chi connectivity index (χ4v) is 11.6. The summed E-state index contributed by atoms with van der Waals surface area (Å²) < 4.78 is 46.2. The highest BCUT2D eigenvalue weighted by molar-refractivity contribution is 6.24. The number of carbonyl (C=O) groups excluding carboxylic acids is 3. The monoisotopic (exact) mass is 1180 g/mol. The van der Waals surface area contributed by atoms with E-state index in [2.05, 4.69) is 20.2 Å². The van der Waals surface area contributed by atoms with Crippen molar-refractivity contribution in [2.45, 2.75) is 98.6 Å². The van der Waals surface area contributed by atoms with Gasteiger partial charge >= 0.3 is 17.7 Å². The number of ketones is 1. The normalized spacial score (nSPS) is 28.5. The number of methoxy groups -OCH3 is 1. The summed E-state index contributed by atoms with van der Waals surface area (Å²) in [5.74, 6) is -9.89. The van der Waals surface area contributed by atoms with Crippen molar-refractivity contribution in [1.29, 1.82) is 0 Å². The van der Waals surface area contributed by atoms with Crippen molar-refractivity contribution in [2.24, 2.45) is 28.8 Å². The van der Waals surface area contributed by atoms with Gasteiger partial charge in [-0.1, -0.05) is 45.9 Å². The van der Waals surface area contributed by atoms with E-state index in [1.165, 1.54) is 65.6 Å². The third kappa shape index (κ3) is 12.4. The molecule has 1 amide bonds. The molecule has 5 bridgehead atoms. The number of aliphatic hydroxyl groups is 2. The molecule has 10 atom stereocenters. The minimum Gasteiger partial charge on any atom is -0.507 e. The Hall–Kier alpha value is -7.77. The molecule has 4 aromatic rings. The number of piperazine rings is 2. The summed E-state index contributed by atoms with van der Waals surface area (Å²) in [4.78, 5) is 70.7. The maximum atomic E-state index is 15.0. The Labute approximate surface area is 491 Å². The zero-order valence-electron chi connectivity index (χ0n) is 50.0. The lowest BCUT2D eigenvalue weighted by atomic mass is 9.78. The van der Waals surface area contributed by atoms with Gasteiger partial charge in [0.25, 0.3) is 11.7 Å². The van der Waals surface area contributed by atoms with E-state index in [-0.39, 0.29) is 68.1 Å². The molecule has 10 rings (SSSR count). The molecule has 0 radical (unpaired) electrons. The van der Waals surface area contributed by atoms with Crippen LogP contribution in [0.15, 0.2) is 58.3 Å². The van der Waals surface area contributed by atoms with Crippen molar-refractivity contribution in [3.05, 3.63) is 86.7 Å². The molecule has 23 nitrogen and oxygen atoms in total. The first-order valence-corrected chi connectivity index (χ1v) is 28.4. The van der Waals surface area contributed by atoms with Gasteiger partial charge in [0, 0.05) is 120 Å². The molecule has 6 aliphatic rings. The van der Waals surface area contributed by atoms with Crippen LogP contribution in [0.1, 0.15) is 93.3 Å². The van der Waals surface area contributed by atoms with Gasteiger partial charge in [-0.25, -0.2) is 9.18 Å². The molecule has 2 saturated heterocycles. The Morgan fingerprint density at radius 2 is 1.51 bits per heavy atom. The number of hydrogen-bond donors (Lipinski definition) is 7. The van der Waals surface area contributed by atoms with E-state index in [0.29, 0.717) is 43.1 Å². The SMILES string of the molecule is CC1COc2c(N3CCN(C)CC3)c(F)cc3c(=O)c(C(=O)O)cn1c23.CO[C@H]1/C=C/O[C@@]2(C)Oc3c(C)c(O)c4c(O)c(c(/C=N\N5CCN(C)CC5)c(O)c4c3C2=O)NC(=O)/C(C)=C\C=C\[C@H](C)[C@H](O)[C@@H](C)[C@@H](O)[C@@H](C)[C@H](OC(C)=O)[C@@H]1C. The van der Waals surface area contributed by atoms with Gasteiger partial charge in [-0.05, 0) is 47.0 Å². The van der Waals surface area contributed by atoms with Crippen molar-refractivity contribution < 1.29 is 77.9 Å². The van der Waals surface area contributed by atoms with Crippen LogP contribution in [0, 0.1) is 36.4 Å². The van der Waals surface area contributed by atoms with Crippen molar-refractivity contribution >= 4 is 62.9 Å². The van der Waals surface area contributed by atoms with E-state index in [1.807, 2.05) is 25.9 Å². The molecule has 0 spiro atoms. The number of aliphatic hydroxyl groups excluding tert-OH is 2. The molecule has 24 heteroatoms. The summed E-state index contributed by atoms with van der Waals surface area (Å²) in [6.45, 7) is 20.2. The average molecular weight is 1180 g/mol. The number of aromatic hydroxyl groups is 3. The van der Waals surface area contributed by atoms with E-state index in [4.69, 9.17) is 23.7 Å². The summed E-state index contributed by atoms with van der Waals surface area (Å²) in [5, 5.41) is 76.2. The molecule has 3 aromatic carbocycles. The quantitative estimate of drug-likeness (QED) is 0.0513. The van der Waals surface area contributed by atoms with Gasteiger partial charge in [0.1, 0.15) is 41.2 Å². The highest BCUT2D eigenvalue weighted by Gasteiger charge is 2.50. The van der Waals surface area contributed by atoms with Crippen LogP contribution in [0.25, 0.3) is 21.7 Å². The second-order valence-corrected chi connectivity index (χ2v) is 23.1. The van der Waals surface area contributed by atoms with Gasteiger partial charge in [-0.3, -0.25) is 24.2 Å². The zero-order valence-corrected chi connectivity index (χ0v) is 50.0. The second-order valence-electron chi connectivity index (χ2n) is 23.1. The number of phenols is 3. The van der Waals surface area contributed by atoms with E-state index in [0.717, 1.165) is 32.2 Å². The number of phenolic OH excluding ortho intramolecular Hbond substituents is 3. The van der Waals surface area contributed by atoms with Gasteiger partial charge < -0.3 is 78.9 Å². The van der Waals surface area contributed by atoms with Gasteiger partial charge in [-0.15, -0.1) is 0 Å². The lowest BCUT2D eigenvalue weighted by Gasteiger charge is -2.38. The largest absolute Gasteiger partial charge is 0.507 e. The number of nitrogens with one attached hydrogen (secondary N) is 1. The number of esters is 1. The lowest BCUT2D eigenvalue weighted by molar-refractivity contribution is -0.160. The molecule has 7 N–H and O–H groups in total. The number of amides is 1. The number of carbonyl (C=O) groups is 4. The number of allylic oxidation sites excluding steroid dienone is 2. The van der Waals surface area contributed by atoms with E-state index < -0.39 is 106 Å². The summed E-state index contributed by atoms with van der Waals surface area (Å²) in [7, 11) is 5.44. The van der Waals surface area contributed by atoms with Crippen molar-refractivity contribution in [2.75, 3.05) is 90.4 Å². The van der Waals surface area contributed by atoms with Crippen LogP contribution in [0.5, 0.6) is 28.7 Å². The molecule has 0 aliphatic carbocycles. The molecule has 1 aromatic heterocycles. The lowest BCUT2D eigenvalue weighted by Crippen LogP contribution is -2.46. The fourth-order valence-electron chi connectivity index (χ4n) is 11.6. The Bertz CT molecular complexity index is 3460. The van der Waals surface area contributed by atoms with Gasteiger partial charge in [0.05, 0.1) is 69.9 Å². The standard InChI is InChI=1S/C43H58N4O12.C18H20FN3O4/c1-21-12-11-13-22(2)42(55)45-33-28(20-44-47-17-15-46(9)16-18-47)37(52)30-31(38(33)53)36(51)26(6)40-32(30)41(54)43(8,59-40)57-19-14-29(56-10)23(3)39(58-27(7)48)25(5)35(50)24(4)34(21)49;1-10-9-26-17-14-11(16(23)12(18(24)25)8-22(10)14)7-13(19)15(17)21-5-3-20(2)4-6-21/h11-14,19-21,23-25,29,34-35,39,49-53H,15-18H2,1-10H3,(H,45,55);7-8,10H,3-6,9H2,1-2H3,(H,24,25)/b12-11+,19-14+,22-13-,44-20-;/t21-,23+,24+,25+,29-,34-,35+,39+,43-;/m0./s1. The number of hydrogen-bond acceptors (Lipinski definition) is 20. The number of halogens is 1. The number of benzene rings is 3. The number of likely N-dealkylation sites (N-methyl/N-ethyl adjacent to an activating group) is 2. The molecular formula is C61H78FN7O16. The summed E-state index contributed by atoms with van der Waals surface area (Å²) in [5.41, 5.74) is -0.574. The number of anilines is 2. The average Bonchev–Trinajstić information content (AvgIpc) is 1.83. The smallest absolute Gasteiger partial charge is 0.341 e. The van der Waals surface area contributed by atoms with Gasteiger partial charge in [0.15, 0.2) is 17.3 Å². The topological polar surface area (TPSA) is 295 Å². The van der Waals surface area contributed by atoms with Crippen LogP contribution in [-0.2, 0) is 23.8 Å². The minimum absolute atomic E-state index is 0.0434. The first-order valence-electron chi connectivity index (χ1n) is 28.4. The molecule has 7 heterocycles.